The molecule has 0 aliphatic heterocycles. The molecule has 0 unspecified atom stereocenters. The maximum absolute atomic E-state index is 5.88. The highest BCUT2D eigenvalue weighted by atomic mass is 79.9. The monoisotopic (exact) mass is 337 g/mol. The number of halogens is 1. The van der Waals surface area contributed by atoms with Crippen molar-refractivity contribution in [2.75, 3.05) is 0 Å². The normalized spacial score (nSPS) is 11.3. The summed E-state index contributed by atoms with van der Waals surface area (Å²) < 4.78 is 5.88. The third-order valence-corrected chi connectivity index (χ3v) is 4.25. The van der Waals surface area contributed by atoms with E-state index in [4.69, 9.17) is 4.42 Å². The number of benzene rings is 3. The van der Waals surface area contributed by atoms with Crippen molar-refractivity contribution in [1.29, 1.82) is 0 Å². The number of hydrogen-bond acceptors (Lipinski definition) is 2. The van der Waals surface area contributed by atoms with Crippen LogP contribution in [-0.2, 0) is 5.33 Å². The van der Waals surface area contributed by atoms with E-state index in [0.29, 0.717) is 5.89 Å². The minimum Gasteiger partial charge on any atom is -0.436 e. The Hall–Kier alpha value is -2.13. The molecule has 3 heteroatoms. The number of hydrogen-bond donors (Lipinski definition) is 0. The lowest BCUT2D eigenvalue weighted by Gasteiger charge is -1.99. The van der Waals surface area contributed by atoms with E-state index < -0.39 is 0 Å². The standard InChI is InChI=1S/C18H12BrNO/c19-11-12-5-8-17-16(9-12)20-18(21-17)15-7-6-13-3-1-2-4-14(13)10-15/h1-10H,11H2. The van der Waals surface area contributed by atoms with Gasteiger partial charge in [0.25, 0.3) is 0 Å². The van der Waals surface area contributed by atoms with Gasteiger partial charge in [-0.15, -0.1) is 0 Å². The first kappa shape index (κ1) is 12.6. The number of rotatable bonds is 2. The molecule has 0 atom stereocenters. The first-order valence-electron chi connectivity index (χ1n) is 6.78. The zero-order chi connectivity index (χ0) is 14.2. The molecule has 21 heavy (non-hydrogen) atoms. The Morgan fingerprint density at radius 2 is 1.76 bits per heavy atom. The van der Waals surface area contributed by atoms with Crippen molar-refractivity contribution in [2.24, 2.45) is 0 Å². The van der Waals surface area contributed by atoms with Gasteiger partial charge >= 0.3 is 0 Å². The highest BCUT2D eigenvalue weighted by molar-refractivity contribution is 9.08. The minimum absolute atomic E-state index is 0.669. The second-order valence-electron chi connectivity index (χ2n) is 5.02. The molecule has 0 aliphatic carbocycles. The van der Waals surface area contributed by atoms with Crippen molar-refractivity contribution >= 4 is 37.8 Å². The summed E-state index contributed by atoms with van der Waals surface area (Å²) in [7, 11) is 0. The van der Waals surface area contributed by atoms with Crippen LogP contribution in [0.5, 0.6) is 0 Å². The number of nitrogens with zero attached hydrogens (tertiary/aromatic N) is 1. The number of fused-ring (bicyclic) bond motifs is 2. The fourth-order valence-corrected chi connectivity index (χ4v) is 2.85. The molecule has 0 bridgehead atoms. The minimum atomic E-state index is 0.669. The van der Waals surface area contributed by atoms with E-state index in [1.54, 1.807) is 0 Å². The van der Waals surface area contributed by atoms with Gasteiger partial charge in [-0.25, -0.2) is 4.98 Å². The zero-order valence-electron chi connectivity index (χ0n) is 11.2. The second-order valence-corrected chi connectivity index (χ2v) is 5.58. The lowest BCUT2D eigenvalue weighted by molar-refractivity contribution is 0.620. The summed E-state index contributed by atoms with van der Waals surface area (Å²) in [6.07, 6.45) is 0. The van der Waals surface area contributed by atoms with Gasteiger partial charge in [0.1, 0.15) is 5.52 Å². The second kappa shape index (κ2) is 5.01. The Kier molecular flexibility index (Phi) is 3.00. The van der Waals surface area contributed by atoms with E-state index in [0.717, 1.165) is 22.0 Å². The van der Waals surface area contributed by atoms with Gasteiger partial charge in [-0.2, -0.15) is 0 Å². The van der Waals surface area contributed by atoms with Crippen LogP contribution in [0.3, 0.4) is 0 Å². The molecule has 0 aliphatic rings. The molecule has 102 valence electrons. The van der Waals surface area contributed by atoms with Gasteiger partial charge in [-0.05, 0) is 40.6 Å². The van der Waals surface area contributed by atoms with E-state index in [2.05, 4.69) is 57.3 Å². The number of oxazole rings is 1. The van der Waals surface area contributed by atoms with Crippen molar-refractivity contribution < 1.29 is 4.42 Å². The zero-order valence-corrected chi connectivity index (χ0v) is 12.8. The quantitative estimate of drug-likeness (QED) is 0.448. The fourth-order valence-electron chi connectivity index (χ4n) is 2.50. The van der Waals surface area contributed by atoms with E-state index in [-0.39, 0.29) is 0 Å². The molecule has 1 aromatic heterocycles. The average Bonchev–Trinajstić information content (AvgIpc) is 2.97. The highest BCUT2D eigenvalue weighted by Crippen LogP contribution is 2.27. The molecule has 1 heterocycles. The third-order valence-electron chi connectivity index (χ3n) is 3.60. The topological polar surface area (TPSA) is 26.0 Å². The predicted octanol–water partition coefficient (Wildman–Crippen LogP) is 5.54. The summed E-state index contributed by atoms with van der Waals surface area (Å²) in [6.45, 7) is 0. The maximum atomic E-state index is 5.88. The van der Waals surface area contributed by atoms with E-state index >= 15 is 0 Å². The van der Waals surface area contributed by atoms with Gasteiger partial charge in [0.05, 0.1) is 0 Å². The Balaban J connectivity index is 1.87. The summed E-state index contributed by atoms with van der Waals surface area (Å²) in [5, 5.41) is 3.23. The Bertz CT molecular complexity index is 942. The molecule has 3 aromatic carbocycles. The summed E-state index contributed by atoms with van der Waals surface area (Å²) >= 11 is 3.46. The van der Waals surface area contributed by atoms with Gasteiger partial charge in [0.2, 0.25) is 5.89 Å². The molecule has 4 rings (SSSR count). The smallest absolute Gasteiger partial charge is 0.227 e. The van der Waals surface area contributed by atoms with Crippen molar-refractivity contribution in [3.8, 4) is 11.5 Å². The fraction of sp³-hybridized carbons (Fsp3) is 0.0556. The van der Waals surface area contributed by atoms with Crippen molar-refractivity contribution in [3.05, 3.63) is 66.2 Å². The number of aromatic nitrogens is 1. The first-order chi connectivity index (χ1) is 10.3. The van der Waals surface area contributed by atoms with Crippen molar-refractivity contribution in [1.82, 2.24) is 4.98 Å². The van der Waals surface area contributed by atoms with Crippen LogP contribution in [0.25, 0.3) is 33.3 Å². The van der Waals surface area contributed by atoms with Gasteiger partial charge in [-0.1, -0.05) is 52.3 Å². The molecule has 0 saturated carbocycles. The Morgan fingerprint density at radius 1 is 0.905 bits per heavy atom. The lowest BCUT2D eigenvalue weighted by atomic mass is 10.1. The van der Waals surface area contributed by atoms with Crippen LogP contribution in [0.4, 0.5) is 0 Å². The van der Waals surface area contributed by atoms with Crippen LogP contribution in [0.2, 0.25) is 0 Å². The van der Waals surface area contributed by atoms with Crippen LogP contribution in [0.1, 0.15) is 5.56 Å². The summed E-state index contributed by atoms with van der Waals surface area (Å²) in [5.41, 5.74) is 3.92. The van der Waals surface area contributed by atoms with Gasteiger partial charge < -0.3 is 4.42 Å². The van der Waals surface area contributed by atoms with Gasteiger partial charge in [0.15, 0.2) is 5.58 Å². The maximum Gasteiger partial charge on any atom is 0.227 e. The molecule has 0 saturated heterocycles. The number of alkyl halides is 1. The Labute approximate surface area is 130 Å². The van der Waals surface area contributed by atoms with Gasteiger partial charge in [0, 0.05) is 10.9 Å². The first-order valence-corrected chi connectivity index (χ1v) is 7.90. The van der Waals surface area contributed by atoms with Crippen molar-refractivity contribution in [3.63, 3.8) is 0 Å². The predicted molar refractivity (Wildman–Crippen MR) is 89.6 cm³/mol. The summed E-state index contributed by atoms with van der Waals surface area (Å²) in [4.78, 5) is 4.61. The SMILES string of the molecule is BrCc1ccc2oc(-c3ccc4ccccc4c3)nc2c1. The summed E-state index contributed by atoms with van der Waals surface area (Å²) in [6, 6.07) is 20.6. The van der Waals surface area contributed by atoms with E-state index in [1.807, 2.05) is 24.3 Å². The highest BCUT2D eigenvalue weighted by Gasteiger charge is 2.09. The largest absolute Gasteiger partial charge is 0.436 e. The van der Waals surface area contributed by atoms with Crippen LogP contribution in [0, 0.1) is 0 Å². The van der Waals surface area contributed by atoms with Crippen molar-refractivity contribution in [2.45, 2.75) is 5.33 Å². The van der Waals surface area contributed by atoms with Crippen LogP contribution < -0.4 is 0 Å². The molecule has 0 amide bonds. The summed E-state index contributed by atoms with van der Waals surface area (Å²) in [5.74, 6) is 0.669. The van der Waals surface area contributed by atoms with Crippen LogP contribution in [0.15, 0.2) is 65.1 Å². The van der Waals surface area contributed by atoms with Crippen LogP contribution >= 0.6 is 15.9 Å². The molecule has 0 N–H and O–H groups in total. The molecule has 4 aromatic rings. The molecule has 0 fully saturated rings. The molecular weight excluding hydrogens is 326 g/mol. The molecule has 2 nitrogen and oxygen atoms in total. The lowest BCUT2D eigenvalue weighted by Crippen LogP contribution is -1.79. The molecule has 0 spiro atoms. The molecule has 0 radical (unpaired) electrons. The van der Waals surface area contributed by atoms with Gasteiger partial charge in [-0.3, -0.25) is 0 Å². The van der Waals surface area contributed by atoms with E-state index in [1.165, 1.54) is 16.3 Å². The Morgan fingerprint density at radius 3 is 2.62 bits per heavy atom. The van der Waals surface area contributed by atoms with Crippen LogP contribution in [-0.4, -0.2) is 4.98 Å². The molecular formula is C18H12BrNO. The third kappa shape index (κ3) is 2.24. The van der Waals surface area contributed by atoms with E-state index in [9.17, 15) is 0 Å². The average molecular weight is 338 g/mol.